The third kappa shape index (κ3) is 18.7. The quantitative estimate of drug-likeness (QED) is 0.0716. The number of carbonyl (C=O) groups is 5. The van der Waals surface area contributed by atoms with Crippen molar-refractivity contribution in [1.82, 2.24) is 10.6 Å². The first-order valence-electron chi connectivity index (χ1n) is 24.8. The summed E-state index contributed by atoms with van der Waals surface area (Å²) in [7, 11) is 0. The van der Waals surface area contributed by atoms with Crippen molar-refractivity contribution in [3.63, 3.8) is 0 Å². The number of rotatable bonds is 27. The first-order valence-corrected chi connectivity index (χ1v) is 24.8. The van der Waals surface area contributed by atoms with Gasteiger partial charge in [-0.25, -0.2) is 0 Å². The van der Waals surface area contributed by atoms with Gasteiger partial charge < -0.3 is 19.5 Å². The number of carbonyl (C=O) groups excluding carboxylic acids is 5. The maximum atomic E-state index is 14.7. The predicted octanol–water partition coefficient (Wildman–Crippen LogP) is 10.8. The van der Waals surface area contributed by atoms with Crippen molar-refractivity contribution >= 4 is 29.2 Å². The number of hydrogen-bond donors (Lipinski definition) is 2. The van der Waals surface area contributed by atoms with Crippen LogP contribution in [0.4, 0.5) is 0 Å². The smallest absolute Gasteiger partial charge is 0.310 e. The first kappa shape index (κ1) is 54.9. The largest absolute Gasteiger partial charge is 0.488 e. The Morgan fingerprint density at radius 1 is 0.642 bits per heavy atom. The topological polar surface area (TPSA) is 137 Å². The summed E-state index contributed by atoms with van der Waals surface area (Å²) in [4.78, 5) is 70.7. The van der Waals surface area contributed by atoms with Gasteiger partial charge in [-0.1, -0.05) is 107 Å². The Balaban J connectivity index is 1.52. The maximum absolute atomic E-state index is 14.7. The van der Waals surface area contributed by atoms with Crippen LogP contribution in [0.5, 0.6) is 5.75 Å². The van der Waals surface area contributed by atoms with Crippen LogP contribution in [-0.4, -0.2) is 64.2 Å². The van der Waals surface area contributed by atoms with E-state index in [0.29, 0.717) is 25.2 Å². The molecule has 1 saturated carbocycles. The second-order valence-corrected chi connectivity index (χ2v) is 22.0. The van der Waals surface area contributed by atoms with E-state index in [-0.39, 0.29) is 66.6 Å². The Morgan fingerprint density at radius 2 is 1.19 bits per heavy atom. The molecule has 0 unspecified atom stereocenters. The van der Waals surface area contributed by atoms with Crippen molar-refractivity contribution in [2.24, 2.45) is 29.6 Å². The number of nitrogens with one attached hydrogen (secondary N) is 2. The van der Waals surface area contributed by atoms with Crippen LogP contribution in [0.2, 0.25) is 0 Å². The summed E-state index contributed by atoms with van der Waals surface area (Å²) in [5, 5.41) is 6.82. The van der Waals surface area contributed by atoms with Crippen LogP contribution < -0.4 is 15.4 Å². The van der Waals surface area contributed by atoms with E-state index >= 15 is 0 Å². The monoisotopic (exact) mass is 923 g/mol. The normalized spacial score (nSPS) is 16.5. The molecule has 10 nitrogen and oxygen atoms in total. The van der Waals surface area contributed by atoms with Gasteiger partial charge in [-0.05, 0) is 134 Å². The van der Waals surface area contributed by atoms with Gasteiger partial charge in [0.2, 0.25) is 5.91 Å². The summed E-state index contributed by atoms with van der Waals surface area (Å²) < 4.78 is 18.3. The second kappa shape index (κ2) is 25.1. The summed E-state index contributed by atoms with van der Waals surface area (Å²) in [6.07, 6.45) is 3.98. The average Bonchev–Trinajstić information content (AvgIpc) is 3.23. The molecule has 1 amide bonds. The van der Waals surface area contributed by atoms with E-state index in [2.05, 4.69) is 24.5 Å². The molecule has 1 aliphatic carbocycles. The number of hydrogen-bond acceptors (Lipinski definition) is 9. The molecule has 6 atom stereocenters. The zero-order valence-corrected chi connectivity index (χ0v) is 42.7. The van der Waals surface area contributed by atoms with Crippen molar-refractivity contribution in [3.8, 4) is 5.75 Å². The van der Waals surface area contributed by atoms with Crippen LogP contribution in [-0.2, 0) is 52.9 Å². The fraction of sp³-hybridized carbons (Fsp3) is 0.596. The molecule has 3 aromatic rings. The van der Waals surface area contributed by atoms with Gasteiger partial charge in [0.05, 0.1) is 29.7 Å². The number of esters is 1. The van der Waals surface area contributed by atoms with Gasteiger partial charge in [-0.2, -0.15) is 0 Å². The molecule has 0 aromatic heterocycles. The lowest BCUT2D eigenvalue weighted by molar-refractivity contribution is -0.152. The Bertz CT molecular complexity index is 2030. The summed E-state index contributed by atoms with van der Waals surface area (Å²) in [6, 6.07) is 25.3. The fourth-order valence-corrected chi connectivity index (χ4v) is 9.12. The summed E-state index contributed by atoms with van der Waals surface area (Å²) in [5.41, 5.74) is 1.26. The van der Waals surface area contributed by atoms with Crippen molar-refractivity contribution in [1.29, 1.82) is 0 Å². The lowest BCUT2D eigenvalue weighted by Gasteiger charge is -2.47. The van der Waals surface area contributed by atoms with Crippen LogP contribution in [0.15, 0.2) is 84.9 Å². The molecule has 67 heavy (non-hydrogen) atoms. The van der Waals surface area contributed by atoms with E-state index < -0.39 is 47.1 Å². The molecule has 0 spiro atoms. The fourth-order valence-electron chi connectivity index (χ4n) is 9.12. The molecule has 368 valence electrons. The minimum atomic E-state index is -0.765. The van der Waals surface area contributed by atoms with Crippen molar-refractivity contribution in [2.75, 3.05) is 0 Å². The van der Waals surface area contributed by atoms with Gasteiger partial charge in [0, 0.05) is 36.6 Å². The van der Waals surface area contributed by atoms with Crippen LogP contribution in [0, 0.1) is 29.6 Å². The summed E-state index contributed by atoms with van der Waals surface area (Å²) >= 11 is 0. The predicted molar refractivity (Wildman–Crippen MR) is 267 cm³/mol. The van der Waals surface area contributed by atoms with Gasteiger partial charge in [0.15, 0.2) is 11.6 Å². The minimum absolute atomic E-state index is 0.0381. The van der Waals surface area contributed by atoms with E-state index in [0.717, 1.165) is 48.1 Å². The molecule has 4 rings (SSSR count). The standard InChI is InChI=1S/C57H82N2O8/c1-38(2)32-40(5)49(61)35-45(33-43-24-26-47(27-25-43)67-56(10,11)12)53(63)58-51(39(3)4)48(60)28-31-57(29-19-30-57)59-52(41(6)66-55(7,8)9)50(62)36-46(34-42-20-15-13-16-21-42)54(64)65-37-44-22-17-14-18-23-44/h13-18,20-27,38-41,45-46,51-52,59H,19,28-37H2,1-12H3,(H,58,63)/t40-,41+,45+,46+,51-,52-/m0/s1. The Hall–Kier alpha value is -4.67. The molecule has 2 N–H and O–H groups in total. The molecule has 3 aromatic carbocycles. The zero-order chi connectivity index (χ0) is 49.5. The highest BCUT2D eigenvalue weighted by Gasteiger charge is 2.44. The highest BCUT2D eigenvalue weighted by atomic mass is 16.5. The third-order valence-corrected chi connectivity index (χ3v) is 12.6. The Kier molecular flexibility index (Phi) is 20.6. The molecular weight excluding hydrogens is 841 g/mol. The van der Waals surface area contributed by atoms with Gasteiger partial charge in [0.1, 0.15) is 23.7 Å². The first-order chi connectivity index (χ1) is 31.4. The third-order valence-electron chi connectivity index (χ3n) is 12.6. The van der Waals surface area contributed by atoms with Gasteiger partial charge in [-0.15, -0.1) is 0 Å². The molecule has 1 aliphatic rings. The van der Waals surface area contributed by atoms with E-state index in [1.54, 1.807) is 0 Å². The maximum Gasteiger partial charge on any atom is 0.310 e. The number of benzene rings is 3. The lowest BCUT2D eigenvalue weighted by Crippen LogP contribution is -2.61. The molecule has 0 bridgehead atoms. The number of ether oxygens (including phenoxy) is 3. The number of ketones is 3. The Morgan fingerprint density at radius 3 is 1.72 bits per heavy atom. The number of amides is 1. The van der Waals surface area contributed by atoms with E-state index in [1.165, 1.54) is 0 Å². The molecular formula is C57H82N2O8. The molecule has 0 saturated heterocycles. The highest BCUT2D eigenvalue weighted by Crippen LogP contribution is 2.38. The molecule has 0 aliphatic heterocycles. The van der Waals surface area contributed by atoms with Crippen molar-refractivity contribution < 1.29 is 38.2 Å². The lowest BCUT2D eigenvalue weighted by atomic mass is 9.71. The highest BCUT2D eigenvalue weighted by molar-refractivity contribution is 5.93. The van der Waals surface area contributed by atoms with Crippen LogP contribution in [0.25, 0.3) is 0 Å². The van der Waals surface area contributed by atoms with Crippen LogP contribution >= 0.6 is 0 Å². The Labute approximate surface area is 402 Å². The molecule has 0 radical (unpaired) electrons. The van der Waals surface area contributed by atoms with E-state index in [4.69, 9.17) is 14.2 Å². The van der Waals surface area contributed by atoms with Gasteiger partial charge in [0.25, 0.3) is 0 Å². The van der Waals surface area contributed by atoms with Crippen LogP contribution in [0.1, 0.15) is 151 Å². The van der Waals surface area contributed by atoms with Gasteiger partial charge >= 0.3 is 5.97 Å². The second-order valence-electron chi connectivity index (χ2n) is 22.0. The van der Waals surface area contributed by atoms with Gasteiger partial charge in [-0.3, -0.25) is 29.3 Å². The zero-order valence-electron chi connectivity index (χ0n) is 42.7. The summed E-state index contributed by atoms with van der Waals surface area (Å²) in [5.74, 6) is -1.68. The van der Waals surface area contributed by atoms with E-state index in [9.17, 15) is 24.0 Å². The molecule has 1 fully saturated rings. The van der Waals surface area contributed by atoms with Crippen LogP contribution in [0.3, 0.4) is 0 Å². The summed E-state index contributed by atoms with van der Waals surface area (Å²) in [6.45, 7) is 23.8. The van der Waals surface area contributed by atoms with E-state index in [1.807, 2.05) is 154 Å². The van der Waals surface area contributed by atoms with Crippen molar-refractivity contribution in [2.45, 2.75) is 189 Å². The minimum Gasteiger partial charge on any atom is -0.488 e. The molecule has 0 heterocycles. The SMILES string of the molecule is CC(C)C[C@H](C)C(=O)C[C@@H](Cc1ccc(OC(C)(C)C)cc1)C(=O)N[C@H](C(=O)CCC1(N[C@H](C(=O)C[C@@H](Cc2ccccc2)C(=O)OCc2ccccc2)[C@@H](C)OC(C)(C)C)CCC1)C(C)C. The average molecular weight is 923 g/mol. The molecule has 10 heteroatoms. The number of Topliss-reactive ketones (excluding diaryl/α,β-unsaturated/α-hetero) is 3. The van der Waals surface area contributed by atoms with Crippen molar-refractivity contribution in [3.05, 3.63) is 102 Å².